The number of carbonyl (C=O) groups is 1. The lowest BCUT2D eigenvalue weighted by molar-refractivity contribution is -0.144. The number of nitrogens with two attached hydrogens (primary N) is 1. The van der Waals surface area contributed by atoms with E-state index in [0.29, 0.717) is 19.4 Å². The molecule has 0 amide bonds. The molecular formula is C8H17BN2O4. The molecule has 1 saturated heterocycles. The Bertz CT molecular complexity index is 239. The number of carboxylic acid groups (broad SMARTS) is 1. The molecule has 0 radical (unpaired) electrons. The molecule has 1 rings (SSSR count). The number of carboxylic acids is 1. The van der Waals surface area contributed by atoms with Gasteiger partial charge in [0.25, 0.3) is 0 Å². The fraction of sp³-hybridized carbons (Fsp3) is 0.875. The van der Waals surface area contributed by atoms with Crippen molar-refractivity contribution in [1.82, 2.24) is 5.32 Å². The molecule has 1 heterocycles. The highest BCUT2D eigenvalue weighted by Gasteiger charge is 2.39. The van der Waals surface area contributed by atoms with Crippen LogP contribution in [0.1, 0.15) is 12.8 Å². The van der Waals surface area contributed by atoms with Crippen molar-refractivity contribution in [3.63, 3.8) is 0 Å². The second kappa shape index (κ2) is 4.93. The summed E-state index contributed by atoms with van der Waals surface area (Å²) in [6.45, 7) is 0.944. The molecule has 0 aromatic rings. The first-order chi connectivity index (χ1) is 6.94. The second-order valence-corrected chi connectivity index (χ2v) is 4.22. The van der Waals surface area contributed by atoms with Crippen LogP contribution in [0.5, 0.6) is 0 Å². The van der Waals surface area contributed by atoms with Crippen LogP contribution in [0.3, 0.4) is 0 Å². The first kappa shape index (κ1) is 12.4. The molecule has 1 aliphatic rings. The molecule has 1 aliphatic heterocycles. The molecule has 0 aromatic heterocycles. The third-order valence-electron chi connectivity index (χ3n) is 2.79. The number of piperidine rings is 1. The maximum Gasteiger partial charge on any atom is 0.451 e. The van der Waals surface area contributed by atoms with Gasteiger partial charge in [-0.05, 0) is 25.2 Å². The lowest BCUT2D eigenvalue weighted by Crippen LogP contribution is -2.60. The topological polar surface area (TPSA) is 116 Å². The van der Waals surface area contributed by atoms with Crippen LogP contribution >= 0.6 is 0 Å². The SMILES string of the molecule is NC1(C(=O)O)CNCC(CCB(O)O)C1. The van der Waals surface area contributed by atoms with Crippen LogP contribution in [0, 0.1) is 5.92 Å². The molecule has 2 unspecified atom stereocenters. The van der Waals surface area contributed by atoms with E-state index in [4.69, 9.17) is 20.9 Å². The largest absolute Gasteiger partial charge is 0.480 e. The van der Waals surface area contributed by atoms with Gasteiger partial charge in [0, 0.05) is 6.54 Å². The van der Waals surface area contributed by atoms with E-state index in [-0.39, 0.29) is 18.8 Å². The van der Waals surface area contributed by atoms with Crippen molar-refractivity contribution < 1.29 is 19.9 Å². The van der Waals surface area contributed by atoms with Gasteiger partial charge in [0.05, 0.1) is 0 Å². The van der Waals surface area contributed by atoms with E-state index in [1.807, 2.05) is 0 Å². The molecule has 7 heteroatoms. The van der Waals surface area contributed by atoms with E-state index in [2.05, 4.69) is 5.32 Å². The highest BCUT2D eigenvalue weighted by atomic mass is 16.4. The van der Waals surface area contributed by atoms with Crippen LogP contribution in [0.2, 0.25) is 6.32 Å². The maximum atomic E-state index is 10.9. The van der Waals surface area contributed by atoms with E-state index >= 15 is 0 Å². The van der Waals surface area contributed by atoms with Gasteiger partial charge in [-0.15, -0.1) is 0 Å². The molecule has 0 saturated carbocycles. The highest BCUT2D eigenvalue weighted by Crippen LogP contribution is 2.23. The zero-order valence-electron chi connectivity index (χ0n) is 8.52. The Morgan fingerprint density at radius 2 is 2.27 bits per heavy atom. The van der Waals surface area contributed by atoms with Gasteiger partial charge in [0.1, 0.15) is 5.54 Å². The Morgan fingerprint density at radius 1 is 1.60 bits per heavy atom. The predicted octanol–water partition coefficient (Wildman–Crippen LogP) is -1.76. The fourth-order valence-corrected chi connectivity index (χ4v) is 1.91. The Morgan fingerprint density at radius 3 is 2.80 bits per heavy atom. The summed E-state index contributed by atoms with van der Waals surface area (Å²) in [5.74, 6) is -0.925. The lowest BCUT2D eigenvalue weighted by atomic mass is 9.76. The van der Waals surface area contributed by atoms with E-state index in [1.165, 1.54) is 0 Å². The van der Waals surface area contributed by atoms with Gasteiger partial charge < -0.3 is 26.2 Å². The summed E-state index contributed by atoms with van der Waals surface area (Å²) >= 11 is 0. The average molecular weight is 216 g/mol. The molecule has 1 fully saturated rings. The minimum atomic E-state index is -1.33. The first-order valence-electron chi connectivity index (χ1n) is 5.03. The zero-order valence-corrected chi connectivity index (χ0v) is 8.52. The van der Waals surface area contributed by atoms with Crippen molar-refractivity contribution >= 4 is 13.1 Å². The van der Waals surface area contributed by atoms with Gasteiger partial charge in [-0.2, -0.15) is 0 Å². The van der Waals surface area contributed by atoms with Crippen LogP contribution in [-0.4, -0.2) is 46.9 Å². The number of hydrogen-bond acceptors (Lipinski definition) is 5. The van der Waals surface area contributed by atoms with Crippen molar-refractivity contribution in [1.29, 1.82) is 0 Å². The van der Waals surface area contributed by atoms with Crippen LogP contribution in [0.4, 0.5) is 0 Å². The summed E-state index contributed by atoms with van der Waals surface area (Å²) in [4.78, 5) is 10.9. The monoisotopic (exact) mass is 216 g/mol. The summed E-state index contributed by atoms with van der Waals surface area (Å²) in [5.41, 5.74) is 4.49. The van der Waals surface area contributed by atoms with E-state index in [1.54, 1.807) is 0 Å². The van der Waals surface area contributed by atoms with Gasteiger partial charge in [-0.1, -0.05) is 6.42 Å². The summed E-state index contributed by atoms with van der Waals surface area (Å²) in [7, 11) is -1.33. The molecule has 6 nitrogen and oxygen atoms in total. The van der Waals surface area contributed by atoms with Crippen LogP contribution in [-0.2, 0) is 4.79 Å². The molecule has 86 valence electrons. The highest BCUT2D eigenvalue weighted by molar-refractivity contribution is 6.40. The molecule has 15 heavy (non-hydrogen) atoms. The minimum absolute atomic E-state index is 0.0849. The van der Waals surface area contributed by atoms with Crippen LogP contribution in [0.25, 0.3) is 0 Å². The Balaban J connectivity index is 2.45. The number of nitrogens with one attached hydrogen (secondary N) is 1. The van der Waals surface area contributed by atoms with Crippen molar-refractivity contribution in [3.8, 4) is 0 Å². The van der Waals surface area contributed by atoms with Crippen molar-refractivity contribution in [2.45, 2.75) is 24.7 Å². The number of hydrogen-bond donors (Lipinski definition) is 5. The normalized spacial score (nSPS) is 31.3. The summed E-state index contributed by atoms with van der Waals surface area (Å²) in [6.07, 6.45) is 1.20. The third kappa shape index (κ3) is 3.46. The summed E-state index contributed by atoms with van der Waals surface area (Å²) < 4.78 is 0. The van der Waals surface area contributed by atoms with Gasteiger partial charge in [0.2, 0.25) is 0 Å². The zero-order chi connectivity index (χ0) is 11.5. The lowest BCUT2D eigenvalue weighted by Gasteiger charge is -2.35. The average Bonchev–Trinajstić information content (AvgIpc) is 2.15. The van der Waals surface area contributed by atoms with Gasteiger partial charge in [-0.3, -0.25) is 4.79 Å². The maximum absolute atomic E-state index is 10.9. The molecule has 0 bridgehead atoms. The number of aliphatic carboxylic acids is 1. The Hall–Kier alpha value is -0.625. The quantitative estimate of drug-likeness (QED) is 0.355. The number of rotatable bonds is 4. The van der Waals surface area contributed by atoms with Crippen molar-refractivity contribution in [3.05, 3.63) is 0 Å². The van der Waals surface area contributed by atoms with Crippen LogP contribution in [0.15, 0.2) is 0 Å². The second-order valence-electron chi connectivity index (χ2n) is 4.22. The summed E-state index contributed by atoms with van der Waals surface area (Å²) in [6, 6.07) is 0. The predicted molar refractivity (Wildman–Crippen MR) is 55.1 cm³/mol. The molecule has 0 aliphatic carbocycles. The van der Waals surface area contributed by atoms with Gasteiger partial charge in [0.15, 0.2) is 0 Å². The van der Waals surface area contributed by atoms with Crippen LogP contribution < -0.4 is 11.1 Å². The fourth-order valence-electron chi connectivity index (χ4n) is 1.91. The molecule has 6 N–H and O–H groups in total. The van der Waals surface area contributed by atoms with Crippen molar-refractivity contribution in [2.24, 2.45) is 11.7 Å². The van der Waals surface area contributed by atoms with E-state index in [0.717, 1.165) is 0 Å². The summed E-state index contributed by atoms with van der Waals surface area (Å²) in [5, 5.41) is 29.3. The van der Waals surface area contributed by atoms with Gasteiger partial charge in [-0.25, -0.2) is 0 Å². The Labute approximate surface area is 88.6 Å². The third-order valence-corrected chi connectivity index (χ3v) is 2.79. The molecule has 2 atom stereocenters. The van der Waals surface area contributed by atoms with Gasteiger partial charge >= 0.3 is 13.1 Å². The van der Waals surface area contributed by atoms with E-state index in [9.17, 15) is 4.79 Å². The molecular weight excluding hydrogens is 199 g/mol. The standard InChI is InChI=1S/C8H17BN2O4/c10-8(7(12)13)3-6(4-11-5-8)1-2-9(14)15/h6,11,14-15H,1-5,10H2,(H,12,13). The minimum Gasteiger partial charge on any atom is -0.480 e. The van der Waals surface area contributed by atoms with Crippen molar-refractivity contribution in [2.75, 3.05) is 13.1 Å². The smallest absolute Gasteiger partial charge is 0.451 e. The molecule has 0 aromatic carbocycles. The first-order valence-corrected chi connectivity index (χ1v) is 5.03. The van der Waals surface area contributed by atoms with E-state index < -0.39 is 18.6 Å². The Kier molecular flexibility index (Phi) is 4.09. The molecule has 0 spiro atoms.